The number of para-hydroxylation sites is 2. The van der Waals surface area contributed by atoms with Crippen molar-refractivity contribution < 1.29 is 9.59 Å². The molecule has 1 aliphatic rings. The van der Waals surface area contributed by atoms with Crippen LogP contribution in [0.15, 0.2) is 29.4 Å². The number of anilines is 3. The second-order valence-electron chi connectivity index (χ2n) is 7.03. The van der Waals surface area contributed by atoms with Crippen molar-refractivity contribution in [1.82, 2.24) is 9.97 Å². The van der Waals surface area contributed by atoms with Crippen LogP contribution in [0.25, 0.3) is 10.2 Å². The summed E-state index contributed by atoms with van der Waals surface area (Å²) in [5.74, 6) is 0.390. The first kappa shape index (κ1) is 19.7. The minimum Gasteiger partial charge on any atom is -0.383 e. The molecule has 0 bridgehead atoms. The number of thiophene rings is 1. The van der Waals surface area contributed by atoms with Gasteiger partial charge in [-0.1, -0.05) is 23.9 Å². The number of hydrogen-bond donors (Lipinski definition) is 2. The van der Waals surface area contributed by atoms with Crippen molar-refractivity contribution in [2.24, 2.45) is 0 Å². The van der Waals surface area contributed by atoms with Gasteiger partial charge < -0.3 is 16.0 Å². The monoisotopic (exact) mass is 427 g/mol. The van der Waals surface area contributed by atoms with Gasteiger partial charge in [0, 0.05) is 17.3 Å². The third kappa shape index (κ3) is 3.67. The fraction of sp³-hybridized carbons (Fsp3) is 0.300. The first-order valence-corrected chi connectivity index (χ1v) is 11.0. The van der Waals surface area contributed by atoms with Crippen LogP contribution in [0.3, 0.4) is 0 Å². The molecule has 0 aliphatic carbocycles. The molecule has 1 aliphatic heterocycles. The number of nitrogens with zero attached hydrogens (tertiary/aromatic N) is 3. The summed E-state index contributed by atoms with van der Waals surface area (Å²) in [5.41, 5.74) is 8.59. The molecule has 0 spiro atoms. The molecule has 2 amide bonds. The zero-order valence-electron chi connectivity index (χ0n) is 16.4. The van der Waals surface area contributed by atoms with Crippen LogP contribution < -0.4 is 16.0 Å². The summed E-state index contributed by atoms with van der Waals surface area (Å²) in [4.78, 5) is 37.8. The van der Waals surface area contributed by atoms with Gasteiger partial charge in [-0.15, -0.1) is 11.3 Å². The normalized spacial score (nSPS) is 16.4. The Morgan fingerprint density at radius 2 is 2.10 bits per heavy atom. The Morgan fingerprint density at radius 3 is 2.90 bits per heavy atom. The number of nitrogen functional groups attached to an aromatic ring is 1. The third-order valence-electron chi connectivity index (χ3n) is 4.99. The van der Waals surface area contributed by atoms with Crippen LogP contribution in [0.4, 0.5) is 17.2 Å². The van der Waals surface area contributed by atoms with Crippen molar-refractivity contribution in [2.45, 2.75) is 38.4 Å². The van der Waals surface area contributed by atoms with E-state index in [-0.39, 0.29) is 30.0 Å². The number of rotatable bonds is 3. The Hall–Kier alpha value is -2.65. The summed E-state index contributed by atoms with van der Waals surface area (Å²) in [6.07, 6.45) is 0.244. The van der Waals surface area contributed by atoms with Crippen LogP contribution in [0, 0.1) is 13.8 Å². The van der Waals surface area contributed by atoms with Gasteiger partial charge >= 0.3 is 0 Å². The second kappa shape index (κ2) is 7.64. The number of hydrogen-bond acceptors (Lipinski definition) is 7. The lowest BCUT2D eigenvalue weighted by Crippen LogP contribution is -2.40. The molecule has 150 valence electrons. The maximum absolute atomic E-state index is 13.1. The molecule has 1 aromatic carbocycles. The van der Waals surface area contributed by atoms with E-state index < -0.39 is 0 Å². The van der Waals surface area contributed by atoms with Crippen molar-refractivity contribution in [3.63, 3.8) is 0 Å². The standard InChI is InChI=1S/C20H21N5O2S2/c1-10-8-15(26)22-13-6-4-5-7-14(13)25(10)16(27)9-28-20-23-18(21)17-11(2)12(3)29-19(17)24-20/h4-7,10H,8-9H2,1-3H3,(H,22,26)(H2,21,23,24). The number of benzene rings is 1. The van der Waals surface area contributed by atoms with Crippen molar-refractivity contribution in [2.75, 3.05) is 21.7 Å². The van der Waals surface area contributed by atoms with Crippen LogP contribution in [0.5, 0.6) is 0 Å². The highest BCUT2D eigenvalue weighted by atomic mass is 32.2. The zero-order valence-corrected chi connectivity index (χ0v) is 18.0. The molecule has 2 aromatic heterocycles. The molecule has 0 saturated heterocycles. The van der Waals surface area contributed by atoms with Gasteiger partial charge in [-0.05, 0) is 38.5 Å². The summed E-state index contributed by atoms with van der Waals surface area (Å²) < 4.78 is 0. The zero-order chi connectivity index (χ0) is 20.7. The molecular formula is C20H21N5O2S2. The minimum absolute atomic E-state index is 0.0992. The summed E-state index contributed by atoms with van der Waals surface area (Å²) in [7, 11) is 0. The van der Waals surface area contributed by atoms with Crippen molar-refractivity contribution in [1.29, 1.82) is 0 Å². The number of carbonyl (C=O) groups excluding carboxylic acids is 2. The number of fused-ring (bicyclic) bond motifs is 2. The molecule has 0 radical (unpaired) electrons. The van der Waals surface area contributed by atoms with Crippen LogP contribution in [0.2, 0.25) is 0 Å². The topological polar surface area (TPSA) is 101 Å². The van der Waals surface area contributed by atoms with E-state index in [2.05, 4.69) is 15.3 Å². The van der Waals surface area contributed by atoms with Crippen LogP contribution in [-0.4, -0.2) is 33.6 Å². The van der Waals surface area contributed by atoms with Gasteiger partial charge in [0.25, 0.3) is 0 Å². The SMILES string of the molecule is Cc1sc2nc(SCC(=O)N3c4ccccc4NC(=O)CC3C)nc(N)c2c1C. The van der Waals surface area contributed by atoms with Crippen LogP contribution >= 0.6 is 23.1 Å². The predicted molar refractivity (Wildman–Crippen MR) is 119 cm³/mol. The second-order valence-corrected chi connectivity index (χ2v) is 9.17. The molecule has 1 atom stereocenters. The summed E-state index contributed by atoms with van der Waals surface area (Å²) in [6, 6.07) is 7.09. The highest BCUT2D eigenvalue weighted by molar-refractivity contribution is 7.99. The van der Waals surface area contributed by atoms with E-state index in [1.54, 1.807) is 22.3 Å². The Bertz CT molecular complexity index is 1130. The Labute approximate surface area is 176 Å². The quantitative estimate of drug-likeness (QED) is 0.488. The van der Waals surface area contributed by atoms with Gasteiger partial charge in [0.2, 0.25) is 11.8 Å². The van der Waals surface area contributed by atoms with Gasteiger partial charge in [-0.2, -0.15) is 0 Å². The van der Waals surface area contributed by atoms with E-state index in [4.69, 9.17) is 5.73 Å². The third-order valence-corrected chi connectivity index (χ3v) is 6.92. The Balaban J connectivity index is 1.58. The molecule has 3 aromatic rings. The molecule has 4 rings (SSSR count). The molecule has 1 unspecified atom stereocenters. The van der Waals surface area contributed by atoms with E-state index in [1.165, 1.54) is 11.8 Å². The van der Waals surface area contributed by atoms with E-state index in [9.17, 15) is 9.59 Å². The predicted octanol–water partition coefficient (Wildman–Crippen LogP) is 3.75. The molecule has 9 heteroatoms. The van der Waals surface area contributed by atoms with E-state index in [0.29, 0.717) is 22.3 Å². The van der Waals surface area contributed by atoms with Crippen molar-refractivity contribution in [3.05, 3.63) is 34.7 Å². The number of carbonyl (C=O) groups is 2. The van der Waals surface area contributed by atoms with E-state index in [0.717, 1.165) is 20.7 Å². The number of amides is 2. The summed E-state index contributed by atoms with van der Waals surface area (Å²) >= 11 is 2.84. The van der Waals surface area contributed by atoms with Gasteiger partial charge in [-0.3, -0.25) is 9.59 Å². The highest BCUT2D eigenvalue weighted by Gasteiger charge is 2.29. The molecule has 7 nitrogen and oxygen atoms in total. The number of thioether (sulfide) groups is 1. The number of nitrogens with two attached hydrogens (primary N) is 1. The van der Waals surface area contributed by atoms with Gasteiger partial charge in [0.1, 0.15) is 10.6 Å². The average molecular weight is 428 g/mol. The fourth-order valence-electron chi connectivity index (χ4n) is 3.49. The van der Waals surface area contributed by atoms with Crippen molar-refractivity contribution in [3.8, 4) is 0 Å². The molecule has 3 N–H and O–H groups in total. The maximum atomic E-state index is 13.1. The Morgan fingerprint density at radius 1 is 1.34 bits per heavy atom. The van der Waals surface area contributed by atoms with Gasteiger partial charge in [-0.25, -0.2) is 9.97 Å². The Kier molecular flexibility index (Phi) is 5.18. The van der Waals surface area contributed by atoms with E-state index >= 15 is 0 Å². The minimum atomic E-state index is -0.247. The largest absolute Gasteiger partial charge is 0.383 e. The number of aromatic nitrogens is 2. The molecule has 0 saturated carbocycles. The number of aryl methyl sites for hydroxylation is 2. The highest BCUT2D eigenvalue weighted by Crippen LogP contribution is 2.35. The molecular weight excluding hydrogens is 406 g/mol. The lowest BCUT2D eigenvalue weighted by Gasteiger charge is -2.27. The maximum Gasteiger partial charge on any atom is 0.237 e. The van der Waals surface area contributed by atoms with E-state index in [1.807, 2.05) is 39.0 Å². The van der Waals surface area contributed by atoms with Gasteiger partial charge in [0.15, 0.2) is 5.16 Å². The molecule has 29 heavy (non-hydrogen) atoms. The smallest absolute Gasteiger partial charge is 0.237 e. The first-order chi connectivity index (χ1) is 13.8. The van der Waals surface area contributed by atoms with Crippen molar-refractivity contribution >= 4 is 62.3 Å². The lowest BCUT2D eigenvalue weighted by molar-refractivity contribution is -0.117. The summed E-state index contributed by atoms with van der Waals surface area (Å²) in [5, 5.41) is 4.24. The average Bonchev–Trinajstić information content (AvgIpc) is 2.87. The fourth-order valence-corrected chi connectivity index (χ4v) is 5.29. The number of nitrogens with one attached hydrogen (secondary N) is 1. The summed E-state index contributed by atoms with van der Waals surface area (Å²) in [6.45, 7) is 5.92. The lowest BCUT2D eigenvalue weighted by atomic mass is 10.2. The van der Waals surface area contributed by atoms with Crippen LogP contribution in [0.1, 0.15) is 23.8 Å². The first-order valence-electron chi connectivity index (χ1n) is 9.22. The van der Waals surface area contributed by atoms with Gasteiger partial charge in [0.05, 0.1) is 22.5 Å². The molecule has 0 fully saturated rings. The van der Waals surface area contributed by atoms with Crippen LogP contribution in [-0.2, 0) is 9.59 Å². The molecule has 3 heterocycles.